The summed E-state index contributed by atoms with van der Waals surface area (Å²) in [4.78, 5) is 15.0. The summed E-state index contributed by atoms with van der Waals surface area (Å²) >= 11 is 5.80. The second kappa shape index (κ2) is 5.28. The van der Waals surface area contributed by atoms with Crippen LogP contribution in [0.3, 0.4) is 0 Å². The van der Waals surface area contributed by atoms with Crippen molar-refractivity contribution in [1.82, 2.24) is 4.98 Å². The van der Waals surface area contributed by atoms with Gasteiger partial charge in [0, 0.05) is 5.69 Å². The van der Waals surface area contributed by atoms with Gasteiger partial charge in [0.05, 0.1) is 5.56 Å². The van der Waals surface area contributed by atoms with Crippen molar-refractivity contribution < 1.29 is 9.90 Å². The zero-order chi connectivity index (χ0) is 14.0. The Morgan fingerprint density at radius 2 is 1.95 bits per heavy atom. The van der Waals surface area contributed by atoms with Gasteiger partial charge in [0.15, 0.2) is 0 Å². The second-order valence-corrected chi connectivity index (χ2v) is 4.68. The fraction of sp³-hybridized carbons (Fsp3) is 0.143. The van der Waals surface area contributed by atoms with E-state index < -0.39 is 5.97 Å². The Hall–Kier alpha value is -2.07. The molecule has 0 saturated heterocycles. The maximum atomic E-state index is 10.9. The van der Waals surface area contributed by atoms with E-state index >= 15 is 0 Å². The summed E-state index contributed by atoms with van der Waals surface area (Å²) in [6, 6.07) is 8.63. The zero-order valence-corrected chi connectivity index (χ0v) is 11.3. The van der Waals surface area contributed by atoms with E-state index in [0.717, 1.165) is 11.3 Å². The zero-order valence-electron chi connectivity index (χ0n) is 10.6. The summed E-state index contributed by atoms with van der Waals surface area (Å²) in [5.74, 6) is -0.624. The van der Waals surface area contributed by atoms with E-state index in [1.54, 1.807) is 0 Å². The van der Waals surface area contributed by atoms with Crippen molar-refractivity contribution in [3.8, 4) is 0 Å². The molecule has 1 aromatic carbocycles. The molecule has 0 amide bonds. The van der Waals surface area contributed by atoms with Crippen molar-refractivity contribution in [2.75, 3.05) is 5.32 Å². The van der Waals surface area contributed by atoms with Crippen LogP contribution in [0.15, 0.2) is 30.3 Å². The molecule has 0 aliphatic carbocycles. The number of aryl methyl sites for hydroxylation is 2. The number of carboxylic acid groups (broad SMARTS) is 1. The first-order valence-electron chi connectivity index (χ1n) is 5.71. The van der Waals surface area contributed by atoms with Gasteiger partial charge in [-0.2, -0.15) is 0 Å². The molecular weight excluding hydrogens is 264 g/mol. The van der Waals surface area contributed by atoms with Gasteiger partial charge < -0.3 is 10.4 Å². The third kappa shape index (κ3) is 3.23. The lowest BCUT2D eigenvalue weighted by Crippen LogP contribution is -2.01. The maximum Gasteiger partial charge on any atom is 0.335 e. The number of rotatable bonds is 3. The van der Waals surface area contributed by atoms with Crippen LogP contribution in [0.1, 0.15) is 21.5 Å². The van der Waals surface area contributed by atoms with Crippen molar-refractivity contribution in [2.24, 2.45) is 0 Å². The van der Waals surface area contributed by atoms with E-state index in [0.29, 0.717) is 5.82 Å². The lowest BCUT2D eigenvalue weighted by Gasteiger charge is -2.09. The van der Waals surface area contributed by atoms with Crippen LogP contribution in [0, 0.1) is 13.8 Å². The SMILES string of the molecule is Cc1ccc(Nc2cc(C(=O)O)cc(Cl)n2)cc1C. The summed E-state index contributed by atoms with van der Waals surface area (Å²) < 4.78 is 0. The number of halogens is 1. The van der Waals surface area contributed by atoms with Crippen LogP contribution in [0.25, 0.3) is 0 Å². The number of aromatic nitrogens is 1. The van der Waals surface area contributed by atoms with Gasteiger partial charge in [0.25, 0.3) is 0 Å². The molecule has 19 heavy (non-hydrogen) atoms. The molecule has 2 N–H and O–H groups in total. The molecule has 0 aliphatic heterocycles. The maximum absolute atomic E-state index is 10.9. The number of nitrogens with zero attached hydrogens (tertiary/aromatic N) is 1. The van der Waals surface area contributed by atoms with Gasteiger partial charge in [0.1, 0.15) is 11.0 Å². The fourth-order valence-corrected chi connectivity index (χ4v) is 1.86. The number of hydrogen-bond donors (Lipinski definition) is 2. The highest BCUT2D eigenvalue weighted by molar-refractivity contribution is 6.29. The Kier molecular flexibility index (Phi) is 3.71. The standard InChI is InChI=1S/C14H13ClN2O2/c1-8-3-4-11(5-9(8)2)16-13-7-10(14(18)19)6-12(15)17-13/h3-7H,1-2H3,(H,16,17)(H,18,19). The predicted molar refractivity (Wildman–Crippen MR) is 75.4 cm³/mol. The summed E-state index contributed by atoms with van der Waals surface area (Å²) in [6.45, 7) is 4.04. The smallest absolute Gasteiger partial charge is 0.335 e. The van der Waals surface area contributed by atoms with E-state index in [4.69, 9.17) is 16.7 Å². The average Bonchev–Trinajstić information content (AvgIpc) is 2.33. The van der Waals surface area contributed by atoms with Gasteiger partial charge in [-0.05, 0) is 49.2 Å². The monoisotopic (exact) mass is 276 g/mol. The molecule has 1 heterocycles. The number of nitrogens with one attached hydrogen (secondary N) is 1. The molecule has 0 fully saturated rings. The van der Waals surface area contributed by atoms with Crippen LogP contribution in [0.5, 0.6) is 0 Å². The van der Waals surface area contributed by atoms with Crippen LogP contribution >= 0.6 is 11.6 Å². The van der Waals surface area contributed by atoms with Gasteiger partial charge in [0.2, 0.25) is 0 Å². The summed E-state index contributed by atoms with van der Waals surface area (Å²) in [7, 11) is 0. The van der Waals surface area contributed by atoms with Crippen LogP contribution in [0.2, 0.25) is 5.15 Å². The molecular formula is C14H13ClN2O2. The van der Waals surface area contributed by atoms with Crippen LogP contribution in [0.4, 0.5) is 11.5 Å². The summed E-state index contributed by atoms with van der Waals surface area (Å²) in [5, 5.41) is 12.2. The van der Waals surface area contributed by atoms with E-state index in [1.165, 1.54) is 17.7 Å². The minimum Gasteiger partial charge on any atom is -0.478 e. The number of aromatic carboxylic acids is 1. The molecule has 0 saturated carbocycles. The molecule has 0 radical (unpaired) electrons. The molecule has 2 aromatic rings. The third-order valence-corrected chi connectivity index (χ3v) is 3.01. The number of pyridine rings is 1. The van der Waals surface area contributed by atoms with Crippen molar-refractivity contribution in [3.05, 3.63) is 52.2 Å². The number of carboxylic acids is 1. The molecule has 0 bridgehead atoms. The topological polar surface area (TPSA) is 62.2 Å². The molecule has 0 spiro atoms. The van der Waals surface area contributed by atoms with Crippen LogP contribution in [-0.2, 0) is 0 Å². The summed E-state index contributed by atoms with van der Waals surface area (Å²) in [6.07, 6.45) is 0. The van der Waals surface area contributed by atoms with Crippen molar-refractivity contribution in [2.45, 2.75) is 13.8 Å². The fourth-order valence-electron chi connectivity index (χ4n) is 1.65. The predicted octanol–water partition coefficient (Wildman–Crippen LogP) is 3.79. The second-order valence-electron chi connectivity index (χ2n) is 4.29. The minimum absolute atomic E-state index is 0.103. The Morgan fingerprint density at radius 1 is 1.21 bits per heavy atom. The van der Waals surface area contributed by atoms with Crippen molar-refractivity contribution >= 4 is 29.1 Å². The Labute approximate surface area is 116 Å². The van der Waals surface area contributed by atoms with Gasteiger partial charge in [-0.1, -0.05) is 17.7 Å². The molecule has 2 rings (SSSR count). The first-order valence-corrected chi connectivity index (χ1v) is 6.08. The lowest BCUT2D eigenvalue weighted by molar-refractivity contribution is 0.0697. The number of benzene rings is 1. The molecule has 0 aliphatic rings. The lowest BCUT2D eigenvalue weighted by atomic mass is 10.1. The Balaban J connectivity index is 2.32. The van der Waals surface area contributed by atoms with E-state index in [2.05, 4.69) is 10.3 Å². The van der Waals surface area contributed by atoms with Crippen molar-refractivity contribution in [1.29, 1.82) is 0 Å². The third-order valence-electron chi connectivity index (χ3n) is 2.82. The first kappa shape index (κ1) is 13.4. The van der Waals surface area contributed by atoms with E-state index in [-0.39, 0.29) is 10.7 Å². The minimum atomic E-state index is -1.03. The summed E-state index contributed by atoms with van der Waals surface area (Å²) in [5.41, 5.74) is 3.28. The highest BCUT2D eigenvalue weighted by atomic mass is 35.5. The van der Waals surface area contributed by atoms with Gasteiger partial charge in [-0.3, -0.25) is 0 Å². The highest BCUT2D eigenvalue weighted by Gasteiger charge is 2.08. The first-order chi connectivity index (χ1) is 8.95. The van der Waals surface area contributed by atoms with Gasteiger partial charge in [-0.25, -0.2) is 9.78 Å². The average molecular weight is 277 g/mol. The normalized spacial score (nSPS) is 10.3. The highest BCUT2D eigenvalue weighted by Crippen LogP contribution is 2.21. The molecule has 1 aromatic heterocycles. The van der Waals surface area contributed by atoms with Gasteiger partial charge >= 0.3 is 5.97 Å². The Morgan fingerprint density at radius 3 is 2.58 bits per heavy atom. The molecule has 98 valence electrons. The molecule has 0 atom stereocenters. The largest absolute Gasteiger partial charge is 0.478 e. The van der Waals surface area contributed by atoms with Crippen molar-refractivity contribution in [3.63, 3.8) is 0 Å². The van der Waals surface area contributed by atoms with E-state index in [9.17, 15) is 4.79 Å². The molecule has 5 heteroatoms. The number of anilines is 2. The Bertz CT molecular complexity index is 641. The van der Waals surface area contributed by atoms with Crippen LogP contribution < -0.4 is 5.32 Å². The quantitative estimate of drug-likeness (QED) is 0.837. The molecule has 0 unspecified atom stereocenters. The molecule has 4 nitrogen and oxygen atoms in total. The van der Waals surface area contributed by atoms with Crippen LogP contribution in [-0.4, -0.2) is 16.1 Å². The van der Waals surface area contributed by atoms with Gasteiger partial charge in [-0.15, -0.1) is 0 Å². The van der Waals surface area contributed by atoms with E-state index in [1.807, 2.05) is 32.0 Å². The number of carbonyl (C=O) groups is 1. The number of hydrogen-bond acceptors (Lipinski definition) is 3.